The molecule has 6 nitrogen and oxygen atoms in total. The van der Waals surface area contributed by atoms with Gasteiger partial charge < -0.3 is 15.0 Å². The van der Waals surface area contributed by atoms with Gasteiger partial charge in [0.05, 0.1) is 5.02 Å². The average Bonchev–Trinajstić information content (AvgIpc) is 3.06. The van der Waals surface area contributed by atoms with Crippen molar-refractivity contribution >= 4 is 45.8 Å². The van der Waals surface area contributed by atoms with E-state index in [0.717, 1.165) is 22.3 Å². The molecule has 3 aromatic rings. The lowest BCUT2D eigenvalue weighted by atomic mass is 10.1. The number of carbonyl (C=O) groups is 1. The summed E-state index contributed by atoms with van der Waals surface area (Å²) in [7, 11) is 0. The topological polar surface area (TPSA) is 79.0 Å². The molecule has 0 atom stereocenters. The van der Waals surface area contributed by atoms with E-state index in [-0.39, 0.29) is 0 Å². The van der Waals surface area contributed by atoms with Crippen molar-refractivity contribution < 1.29 is 9.53 Å². The maximum atomic E-state index is 12.0. The maximum Gasteiger partial charge on any atom is 0.412 e. The number of rotatable bonds is 4. The summed E-state index contributed by atoms with van der Waals surface area (Å²) >= 11 is 6.51. The molecule has 2 aromatic heterocycles. The van der Waals surface area contributed by atoms with Crippen molar-refractivity contribution in [1.82, 2.24) is 9.97 Å². The molecule has 28 heavy (non-hydrogen) atoms. The predicted molar refractivity (Wildman–Crippen MR) is 115 cm³/mol. The van der Waals surface area contributed by atoms with Gasteiger partial charge in [-0.05, 0) is 51.5 Å². The zero-order chi connectivity index (χ0) is 20.5. The normalized spacial score (nSPS) is 11.3. The number of aromatic amines is 1. The molecule has 0 saturated carbocycles. The SMILES string of the molecule is C=C(Nc1cc(NC(=O)OC(C)(C)C)ccc1C)c1cnc2[nH]ccc2c1Cl. The van der Waals surface area contributed by atoms with Crippen molar-refractivity contribution in [2.75, 3.05) is 10.6 Å². The summed E-state index contributed by atoms with van der Waals surface area (Å²) in [4.78, 5) is 19.4. The molecule has 0 radical (unpaired) electrons. The maximum absolute atomic E-state index is 12.0. The highest BCUT2D eigenvalue weighted by Gasteiger charge is 2.17. The van der Waals surface area contributed by atoms with Crippen LogP contribution in [-0.2, 0) is 4.74 Å². The van der Waals surface area contributed by atoms with Gasteiger partial charge in [0, 0.05) is 40.4 Å². The summed E-state index contributed by atoms with van der Waals surface area (Å²) in [5, 5.41) is 7.41. The minimum Gasteiger partial charge on any atom is -0.444 e. The van der Waals surface area contributed by atoms with Crippen molar-refractivity contribution in [3.63, 3.8) is 0 Å². The number of pyridine rings is 1. The van der Waals surface area contributed by atoms with Gasteiger partial charge in [0.2, 0.25) is 0 Å². The van der Waals surface area contributed by atoms with Gasteiger partial charge in [-0.3, -0.25) is 5.32 Å². The van der Waals surface area contributed by atoms with Gasteiger partial charge in [0.25, 0.3) is 0 Å². The average molecular weight is 399 g/mol. The second-order valence-electron chi connectivity index (χ2n) is 7.49. The molecule has 3 rings (SSSR count). The van der Waals surface area contributed by atoms with Gasteiger partial charge in [0.1, 0.15) is 11.2 Å². The zero-order valence-corrected chi connectivity index (χ0v) is 17.1. The van der Waals surface area contributed by atoms with E-state index in [4.69, 9.17) is 16.3 Å². The fourth-order valence-corrected chi connectivity index (χ4v) is 2.99. The highest BCUT2D eigenvalue weighted by Crippen LogP contribution is 2.31. The number of nitrogens with one attached hydrogen (secondary N) is 3. The standard InChI is InChI=1S/C21H23ClN4O2/c1-12-6-7-14(26-20(27)28-21(3,4)5)10-17(12)25-13(2)16-11-24-19-15(18(16)22)8-9-23-19/h6-11,25H,2H2,1,3-5H3,(H,23,24)(H,26,27). The first-order chi connectivity index (χ1) is 13.1. The Kier molecular flexibility index (Phi) is 5.34. The molecule has 3 N–H and O–H groups in total. The molecule has 0 spiro atoms. The van der Waals surface area contributed by atoms with E-state index in [9.17, 15) is 4.79 Å². The monoisotopic (exact) mass is 398 g/mol. The third kappa shape index (κ3) is 4.46. The van der Waals surface area contributed by atoms with Crippen molar-refractivity contribution in [2.24, 2.45) is 0 Å². The Morgan fingerprint density at radius 3 is 2.71 bits per heavy atom. The highest BCUT2D eigenvalue weighted by molar-refractivity contribution is 6.37. The molecule has 0 bridgehead atoms. The number of fused-ring (bicyclic) bond motifs is 1. The van der Waals surface area contributed by atoms with Crippen LogP contribution in [0, 0.1) is 6.92 Å². The van der Waals surface area contributed by atoms with E-state index < -0.39 is 11.7 Å². The van der Waals surface area contributed by atoms with Crippen molar-refractivity contribution in [3.8, 4) is 0 Å². The number of hydrogen-bond donors (Lipinski definition) is 3. The predicted octanol–water partition coefficient (Wildman–Crippen LogP) is 5.95. The lowest BCUT2D eigenvalue weighted by Gasteiger charge is -2.20. The van der Waals surface area contributed by atoms with Gasteiger partial charge in [-0.2, -0.15) is 0 Å². The number of anilines is 2. The van der Waals surface area contributed by atoms with E-state index in [1.807, 2.05) is 52.0 Å². The molecule has 1 amide bonds. The molecule has 7 heteroatoms. The number of halogens is 1. The van der Waals surface area contributed by atoms with Crippen LogP contribution in [-0.4, -0.2) is 21.7 Å². The van der Waals surface area contributed by atoms with Gasteiger partial charge in [-0.25, -0.2) is 9.78 Å². The lowest BCUT2D eigenvalue weighted by Crippen LogP contribution is -2.27. The van der Waals surface area contributed by atoms with Crippen LogP contribution in [0.2, 0.25) is 5.02 Å². The van der Waals surface area contributed by atoms with Crippen LogP contribution in [0.1, 0.15) is 31.9 Å². The summed E-state index contributed by atoms with van der Waals surface area (Å²) < 4.78 is 5.29. The lowest BCUT2D eigenvalue weighted by molar-refractivity contribution is 0.0636. The number of H-pyrrole nitrogens is 1. The smallest absolute Gasteiger partial charge is 0.412 e. The van der Waals surface area contributed by atoms with Crippen LogP contribution >= 0.6 is 11.6 Å². The van der Waals surface area contributed by atoms with Crippen LogP contribution in [0.3, 0.4) is 0 Å². The van der Waals surface area contributed by atoms with Crippen LogP contribution in [0.25, 0.3) is 16.7 Å². The number of nitrogens with zero attached hydrogens (tertiary/aromatic N) is 1. The van der Waals surface area contributed by atoms with E-state index >= 15 is 0 Å². The number of aryl methyl sites for hydroxylation is 1. The van der Waals surface area contributed by atoms with E-state index in [2.05, 4.69) is 27.2 Å². The van der Waals surface area contributed by atoms with Crippen LogP contribution in [0.15, 0.2) is 43.2 Å². The number of hydrogen-bond acceptors (Lipinski definition) is 4. The quantitative estimate of drug-likeness (QED) is 0.507. The molecule has 146 valence electrons. The second kappa shape index (κ2) is 7.56. The van der Waals surface area contributed by atoms with Crippen molar-refractivity contribution in [1.29, 1.82) is 0 Å². The van der Waals surface area contributed by atoms with Crippen LogP contribution in [0.5, 0.6) is 0 Å². The number of benzene rings is 1. The molecule has 0 unspecified atom stereocenters. The fourth-order valence-electron chi connectivity index (χ4n) is 2.67. The van der Waals surface area contributed by atoms with E-state index in [1.54, 1.807) is 12.4 Å². The van der Waals surface area contributed by atoms with E-state index in [1.165, 1.54) is 0 Å². The van der Waals surface area contributed by atoms with Crippen LogP contribution in [0.4, 0.5) is 16.2 Å². The Morgan fingerprint density at radius 2 is 2.00 bits per heavy atom. The van der Waals surface area contributed by atoms with Gasteiger partial charge in [-0.1, -0.05) is 24.2 Å². The summed E-state index contributed by atoms with van der Waals surface area (Å²) in [6.07, 6.45) is 2.96. The Balaban J connectivity index is 1.80. The molecule has 1 aromatic carbocycles. The first-order valence-electron chi connectivity index (χ1n) is 8.82. The van der Waals surface area contributed by atoms with Gasteiger partial charge >= 0.3 is 6.09 Å². The Morgan fingerprint density at radius 1 is 1.25 bits per heavy atom. The van der Waals surface area contributed by atoms with E-state index in [0.29, 0.717) is 22.0 Å². The zero-order valence-electron chi connectivity index (χ0n) is 16.3. The minimum atomic E-state index is -0.565. The number of aromatic nitrogens is 2. The molecule has 0 aliphatic heterocycles. The Hall–Kier alpha value is -2.99. The first kappa shape index (κ1) is 19.8. The fraction of sp³-hybridized carbons (Fsp3) is 0.238. The first-order valence-corrected chi connectivity index (χ1v) is 9.20. The molecular formula is C21H23ClN4O2. The molecule has 0 aliphatic rings. The Bertz CT molecular complexity index is 1050. The van der Waals surface area contributed by atoms with Crippen molar-refractivity contribution in [3.05, 3.63) is 59.4 Å². The number of carbonyl (C=O) groups excluding carboxylic acids is 1. The Labute approximate surface area is 169 Å². The highest BCUT2D eigenvalue weighted by atomic mass is 35.5. The molecule has 2 heterocycles. The third-order valence-corrected chi connectivity index (χ3v) is 4.42. The molecular weight excluding hydrogens is 376 g/mol. The van der Waals surface area contributed by atoms with Gasteiger partial charge in [0.15, 0.2) is 0 Å². The summed E-state index contributed by atoms with van der Waals surface area (Å²) in [5.41, 5.74) is 3.87. The molecule has 0 aliphatic carbocycles. The van der Waals surface area contributed by atoms with Crippen LogP contribution < -0.4 is 10.6 Å². The second-order valence-corrected chi connectivity index (χ2v) is 7.86. The molecule has 0 fully saturated rings. The minimum absolute atomic E-state index is 0.508. The number of amides is 1. The summed E-state index contributed by atoms with van der Waals surface area (Å²) in [6, 6.07) is 7.41. The number of ether oxygens (including phenoxy) is 1. The summed E-state index contributed by atoms with van der Waals surface area (Å²) in [5.74, 6) is 0. The molecule has 0 saturated heterocycles. The summed E-state index contributed by atoms with van der Waals surface area (Å²) in [6.45, 7) is 11.5. The van der Waals surface area contributed by atoms with Crippen molar-refractivity contribution in [2.45, 2.75) is 33.3 Å². The largest absolute Gasteiger partial charge is 0.444 e. The van der Waals surface area contributed by atoms with Gasteiger partial charge in [-0.15, -0.1) is 0 Å². The third-order valence-electron chi connectivity index (χ3n) is 4.01.